The molecule has 0 saturated heterocycles. The van der Waals surface area contributed by atoms with Gasteiger partial charge in [0.2, 0.25) is 5.91 Å². The lowest BCUT2D eigenvalue weighted by molar-refractivity contribution is -0.118. The first-order valence-corrected chi connectivity index (χ1v) is 8.28. The van der Waals surface area contributed by atoms with E-state index < -0.39 is 5.82 Å². The number of anilines is 1. The van der Waals surface area contributed by atoms with Crippen LogP contribution < -0.4 is 10.1 Å². The monoisotopic (exact) mass is 360 g/mol. The van der Waals surface area contributed by atoms with Crippen LogP contribution in [-0.4, -0.2) is 34.6 Å². The molecular formula is C18H21FN4O3. The number of aromatic nitrogens is 3. The first kappa shape index (κ1) is 18.2. The molecule has 3 rings (SSSR count). The van der Waals surface area contributed by atoms with Gasteiger partial charge in [0.15, 0.2) is 5.75 Å². The van der Waals surface area contributed by atoms with E-state index in [0.717, 1.165) is 6.20 Å². The molecule has 26 heavy (non-hydrogen) atoms. The van der Waals surface area contributed by atoms with Crippen molar-refractivity contribution in [1.82, 2.24) is 15.0 Å². The van der Waals surface area contributed by atoms with E-state index in [0.29, 0.717) is 42.7 Å². The Bertz CT molecular complexity index is 800. The van der Waals surface area contributed by atoms with Crippen molar-refractivity contribution in [3.05, 3.63) is 41.9 Å². The average molecular weight is 360 g/mol. The van der Waals surface area contributed by atoms with Crippen molar-refractivity contribution in [3.8, 4) is 5.75 Å². The molecule has 1 amide bonds. The van der Waals surface area contributed by atoms with Crippen LogP contribution >= 0.6 is 0 Å². The van der Waals surface area contributed by atoms with E-state index in [4.69, 9.17) is 9.47 Å². The molecule has 0 radical (unpaired) electrons. The van der Waals surface area contributed by atoms with Crippen LogP contribution in [-0.2, 0) is 16.1 Å². The maximum absolute atomic E-state index is 12.9. The molecule has 138 valence electrons. The second-order valence-electron chi connectivity index (χ2n) is 6.71. The largest absolute Gasteiger partial charge is 0.489 e. The summed E-state index contributed by atoms with van der Waals surface area (Å²) < 4.78 is 23.9. The van der Waals surface area contributed by atoms with E-state index in [2.05, 4.69) is 20.3 Å². The van der Waals surface area contributed by atoms with E-state index in [1.165, 1.54) is 12.1 Å². The Morgan fingerprint density at radius 1 is 1.38 bits per heavy atom. The van der Waals surface area contributed by atoms with Crippen molar-refractivity contribution >= 4 is 11.7 Å². The number of halogens is 1. The van der Waals surface area contributed by atoms with Crippen LogP contribution in [0.1, 0.15) is 24.9 Å². The van der Waals surface area contributed by atoms with Crippen molar-refractivity contribution in [1.29, 1.82) is 0 Å². The number of hydrogen-bond donors (Lipinski definition) is 1. The quantitative estimate of drug-likeness (QED) is 0.816. The van der Waals surface area contributed by atoms with Gasteiger partial charge in [-0.1, -0.05) is 6.92 Å². The summed E-state index contributed by atoms with van der Waals surface area (Å²) in [6.07, 6.45) is 3.39. The normalized spacial score (nSPS) is 21.3. The first-order chi connectivity index (χ1) is 12.4. The molecule has 1 N–H and O–H groups in total. The van der Waals surface area contributed by atoms with Gasteiger partial charge >= 0.3 is 0 Å². The molecule has 0 bridgehead atoms. The lowest BCUT2D eigenvalue weighted by atomic mass is 10.1. The second kappa shape index (κ2) is 7.33. The number of nitrogens with one attached hydrogen (secondary N) is 1. The van der Waals surface area contributed by atoms with E-state index >= 15 is 0 Å². The van der Waals surface area contributed by atoms with Crippen LogP contribution in [0.4, 0.5) is 10.2 Å². The fourth-order valence-electron chi connectivity index (χ4n) is 2.75. The van der Waals surface area contributed by atoms with E-state index in [1.807, 2.05) is 6.92 Å². The number of hydrogen-bond acceptors (Lipinski definition) is 6. The summed E-state index contributed by atoms with van der Waals surface area (Å²) in [6, 6.07) is 2.69. The minimum atomic E-state index is -0.445. The van der Waals surface area contributed by atoms with Crippen LogP contribution in [0, 0.1) is 24.1 Å². The zero-order chi connectivity index (χ0) is 18.7. The molecule has 1 saturated carbocycles. The Labute approximate surface area is 151 Å². The van der Waals surface area contributed by atoms with Crippen LogP contribution in [0.25, 0.3) is 0 Å². The van der Waals surface area contributed by atoms with Crippen molar-refractivity contribution in [2.75, 3.05) is 19.0 Å². The summed E-state index contributed by atoms with van der Waals surface area (Å²) in [5.41, 5.74) is 0.403. The summed E-state index contributed by atoms with van der Waals surface area (Å²) >= 11 is 0. The number of rotatable bonds is 7. The van der Waals surface area contributed by atoms with Gasteiger partial charge in [-0.05, 0) is 25.5 Å². The number of pyridine rings is 1. The summed E-state index contributed by atoms with van der Waals surface area (Å²) in [5.74, 6) is 0.760. The topological polar surface area (TPSA) is 86.2 Å². The molecular weight excluding hydrogens is 339 g/mol. The number of nitrogens with zero attached hydrogens (tertiary/aromatic N) is 3. The Kier molecular flexibility index (Phi) is 5.13. The summed E-state index contributed by atoms with van der Waals surface area (Å²) in [5, 5.41) is 2.71. The zero-order valence-corrected chi connectivity index (χ0v) is 15.0. The van der Waals surface area contributed by atoms with Gasteiger partial charge in [0.25, 0.3) is 0 Å². The summed E-state index contributed by atoms with van der Waals surface area (Å²) in [6.45, 7) is 4.48. The Hall–Kier alpha value is -2.61. The third-order valence-corrected chi connectivity index (χ3v) is 4.44. The number of amides is 1. The van der Waals surface area contributed by atoms with Gasteiger partial charge < -0.3 is 14.8 Å². The minimum Gasteiger partial charge on any atom is -0.489 e. The third kappa shape index (κ3) is 4.13. The average Bonchev–Trinajstić information content (AvgIpc) is 3.29. The minimum absolute atomic E-state index is 0.146. The number of aryl methyl sites for hydroxylation is 1. The predicted molar refractivity (Wildman–Crippen MR) is 92.0 cm³/mol. The molecule has 2 aromatic heterocycles. The van der Waals surface area contributed by atoms with E-state index in [9.17, 15) is 9.18 Å². The highest BCUT2D eigenvalue weighted by molar-refractivity contribution is 5.94. The highest BCUT2D eigenvalue weighted by atomic mass is 19.1. The SMILES string of the molecule is COCc1nc(C)ncc1OC[C@@]1(C)C[C@H]1C(=O)Nc1ccc(F)cn1. The van der Waals surface area contributed by atoms with Gasteiger partial charge in [0.05, 0.1) is 25.6 Å². The van der Waals surface area contributed by atoms with Gasteiger partial charge in [-0.25, -0.2) is 19.3 Å². The molecule has 0 aliphatic heterocycles. The summed E-state index contributed by atoms with van der Waals surface area (Å²) in [4.78, 5) is 24.7. The van der Waals surface area contributed by atoms with Crippen molar-refractivity contribution < 1.29 is 18.7 Å². The third-order valence-electron chi connectivity index (χ3n) is 4.44. The van der Waals surface area contributed by atoms with Crippen LogP contribution in [0.5, 0.6) is 5.75 Å². The fourth-order valence-corrected chi connectivity index (χ4v) is 2.75. The molecule has 1 aliphatic carbocycles. The van der Waals surface area contributed by atoms with E-state index in [-0.39, 0.29) is 17.2 Å². The van der Waals surface area contributed by atoms with Gasteiger partial charge in [-0.15, -0.1) is 0 Å². The van der Waals surface area contributed by atoms with Gasteiger partial charge in [0, 0.05) is 18.4 Å². The van der Waals surface area contributed by atoms with Crippen molar-refractivity contribution in [3.63, 3.8) is 0 Å². The van der Waals surface area contributed by atoms with Gasteiger partial charge in [0.1, 0.15) is 23.2 Å². The first-order valence-electron chi connectivity index (χ1n) is 8.28. The number of carbonyl (C=O) groups is 1. The molecule has 8 heteroatoms. The second-order valence-corrected chi connectivity index (χ2v) is 6.71. The lowest BCUT2D eigenvalue weighted by Gasteiger charge is -2.15. The lowest BCUT2D eigenvalue weighted by Crippen LogP contribution is -2.22. The van der Waals surface area contributed by atoms with Crippen molar-refractivity contribution in [2.24, 2.45) is 11.3 Å². The number of carbonyl (C=O) groups excluding carboxylic acids is 1. The Morgan fingerprint density at radius 3 is 2.88 bits per heavy atom. The predicted octanol–water partition coefficient (Wildman–Crippen LogP) is 2.51. The molecule has 2 atom stereocenters. The van der Waals surface area contributed by atoms with Crippen LogP contribution in [0.15, 0.2) is 24.5 Å². The van der Waals surface area contributed by atoms with Gasteiger partial charge in [-0.3, -0.25) is 4.79 Å². The van der Waals surface area contributed by atoms with E-state index in [1.54, 1.807) is 20.2 Å². The molecule has 2 aromatic rings. The van der Waals surface area contributed by atoms with Crippen molar-refractivity contribution in [2.45, 2.75) is 26.9 Å². The number of methoxy groups -OCH3 is 1. The Balaban J connectivity index is 1.58. The molecule has 0 spiro atoms. The highest BCUT2D eigenvalue weighted by Gasteiger charge is 2.55. The molecule has 7 nitrogen and oxygen atoms in total. The molecule has 1 fully saturated rings. The fraction of sp³-hybridized carbons (Fsp3) is 0.444. The van der Waals surface area contributed by atoms with Crippen LogP contribution in [0.2, 0.25) is 0 Å². The number of ether oxygens (including phenoxy) is 2. The maximum atomic E-state index is 12.9. The van der Waals surface area contributed by atoms with Crippen LogP contribution in [0.3, 0.4) is 0 Å². The summed E-state index contributed by atoms with van der Waals surface area (Å²) in [7, 11) is 1.59. The molecule has 1 aliphatic rings. The standard InChI is InChI=1S/C18H21FN4O3/c1-11-20-8-15(14(22-11)9-25-3)26-10-18(2)6-13(18)17(24)23-16-5-4-12(19)7-21-16/h4-5,7-8,13H,6,9-10H2,1-3H3,(H,21,23,24)/t13-,18+/m0/s1. The Morgan fingerprint density at radius 2 is 2.19 bits per heavy atom. The zero-order valence-electron chi connectivity index (χ0n) is 15.0. The maximum Gasteiger partial charge on any atom is 0.229 e. The smallest absolute Gasteiger partial charge is 0.229 e. The molecule has 2 heterocycles. The van der Waals surface area contributed by atoms with Gasteiger partial charge in [-0.2, -0.15) is 0 Å². The molecule has 0 aromatic carbocycles. The molecule has 0 unspecified atom stereocenters. The highest BCUT2D eigenvalue weighted by Crippen LogP contribution is 2.52.